The summed E-state index contributed by atoms with van der Waals surface area (Å²) in [4.78, 5) is 13.9. The largest absolute Gasteiger partial charge is 0.573 e. The third-order valence-electron chi connectivity index (χ3n) is 6.73. The van der Waals surface area contributed by atoms with Gasteiger partial charge in [0.2, 0.25) is 5.91 Å². The van der Waals surface area contributed by atoms with E-state index >= 15 is 0 Å². The number of aromatic nitrogens is 1. The number of carbonyl (C=O) groups excluding carboxylic acids is 1. The molecular formula is C26H25F3N4O4S. The third-order valence-corrected chi connectivity index (χ3v) is 8.30. The highest BCUT2D eigenvalue weighted by molar-refractivity contribution is 7.90. The average Bonchev–Trinajstić information content (AvgIpc) is 3.19. The van der Waals surface area contributed by atoms with Crippen LogP contribution in [0.4, 0.5) is 13.2 Å². The van der Waals surface area contributed by atoms with E-state index in [4.69, 9.17) is 4.78 Å². The van der Waals surface area contributed by atoms with Crippen molar-refractivity contribution in [2.75, 3.05) is 13.1 Å². The summed E-state index contributed by atoms with van der Waals surface area (Å²) >= 11 is 0. The molecule has 0 spiro atoms. The van der Waals surface area contributed by atoms with Crippen molar-refractivity contribution < 1.29 is 32.0 Å². The summed E-state index contributed by atoms with van der Waals surface area (Å²) in [6, 6.07) is 18.0. The van der Waals surface area contributed by atoms with Gasteiger partial charge in [0.25, 0.3) is 0 Å². The summed E-state index contributed by atoms with van der Waals surface area (Å²) in [5, 5.41) is 13.5. The third kappa shape index (κ3) is 4.94. The highest BCUT2D eigenvalue weighted by atomic mass is 32.2. The maximum absolute atomic E-state index is 13.4. The number of nitrogens with one attached hydrogen (secondary N) is 2. The van der Waals surface area contributed by atoms with E-state index in [0.717, 1.165) is 46.1 Å². The normalized spacial score (nSPS) is 21.9. The van der Waals surface area contributed by atoms with Crippen molar-refractivity contribution in [3.05, 3.63) is 72.8 Å². The second kappa shape index (κ2) is 9.61. The van der Waals surface area contributed by atoms with E-state index in [2.05, 4.69) is 9.46 Å². The van der Waals surface area contributed by atoms with Gasteiger partial charge in [-0.1, -0.05) is 36.4 Å². The van der Waals surface area contributed by atoms with Gasteiger partial charge in [-0.3, -0.25) is 4.79 Å². The zero-order valence-corrected chi connectivity index (χ0v) is 21.0. The van der Waals surface area contributed by atoms with Crippen molar-refractivity contribution in [2.45, 2.75) is 36.4 Å². The van der Waals surface area contributed by atoms with Crippen molar-refractivity contribution in [3.8, 4) is 5.75 Å². The van der Waals surface area contributed by atoms with Gasteiger partial charge >= 0.3 is 6.36 Å². The molecule has 4 unspecified atom stereocenters. The van der Waals surface area contributed by atoms with Crippen LogP contribution in [0.2, 0.25) is 0 Å². The van der Waals surface area contributed by atoms with Crippen LogP contribution in [-0.2, 0) is 14.7 Å². The SMILES string of the molecule is CC(=O)N1CC(NS(=N)(=O)c2ccc(OC(F)(F)F)cc2)C(O)C(n2c3ccccc3c3ccccc32)C1. The van der Waals surface area contributed by atoms with Crippen LogP contribution in [0.15, 0.2) is 77.7 Å². The van der Waals surface area contributed by atoms with E-state index in [0.29, 0.717) is 0 Å². The lowest BCUT2D eigenvalue weighted by molar-refractivity contribution is -0.274. The number of likely N-dealkylation sites (tertiary alicyclic amines) is 1. The number of aliphatic hydroxyl groups excluding tert-OH is 1. The minimum absolute atomic E-state index is 0.00469. The fourth-order valence-corrected chi connectivity index (χ4v) is 6.34. The van der Waals surface area contributed by atoms with Crippen molar-refractivity contribution in [1.29, 1.82) is 4.78 Å². The molecule has 200 valence electrons. The van der Waals surface area contributed by atoms with Crippen molar-refractivity contribution in [1.82, 2.24) is 14.2 Å². The van der Waals surface area contributed by atoms with Crippen LogP contribution in [0.5, 0.6) is 5.75 Å². The Kier molecular flexibility index (Phi) is 6.58. The Labute approximate surface area is 216 Å². The summed E-state index contributed by atoms with van der Waals surface area (Å²) in [6.45, 7) is 1.59. The predicted molar refractivity (Wildman–Crippen MR) is 136 cm³/mol. The molecule has 2 heterocycles. The van der Waals surface area contributed by atoms with Crippen LogP contribution in [0.25, 0.3) is 21.8 Å². The van der Waals surface area contributed by atoms with Crippen molar-refractivity contribution in [3.63, 3.8) is 0 Å². The highest BCUT2D eigenvalue weighted by Crippen LogP contribution is 2.35. The number of carbonyl (C=O) groups is 1. The number of amides is 1. The topological polar surface area (TPSA) is 108 Å². The lowest BCUT2D eigenvalue weighted by Gasteiger charge is -2.42. The number of alkyl halides is 3. The summed E-state index contributed by atoms with van der Waals surface area (Å²) in [5.41, 5.74) is 1.71. The van der Waals surface area contributed by atoms with Crippen molar-refractivity contribution >= 4 is 37.6 Å². The molecule has 0 aliphatic carbocycles. The predicted octanol–water partition coefficient (Wildman–Crippen LogP) is 4.44. The van der Waals surface area contributed by atoms with E-state index in [-0.39, 0.29) is 23.9 Å². The molecule has 0 radical (unpaired) electrons. The van der Waals surface area contributed by atoms with Gasteiger partial charge in [-0.15, -0.1) is 13.2 Å². The Morgan fingerprint density at radius 2 is 1.55 bits per heavy atom. The molecule has 0 saturated carbocycles. The maximum Gasteiger partial charge on any atom is 0.573 e. The van der Waals surface area contributed by atoms with Gasteiger partial charge in [-0.25, -0.2) is 13.7 Å². The number of para-hydroxylation sites is 2. The van der Waals surface area contributed by atoms with Gasteiger partial charge in [0.1, 0.15) is 15.7 Å². The molecule has 8 nitrogen and oxygen atoms in total. The first-order valence-corrected chi connectivity index (χ1v) is 13.3. The van der Waals surface area contributed by atoms with Gasteiger partial charge in [-0.2, -0.15) is 0 Å². The summed E-state index contributed by atoms with van der Waals surface area (Å²) in [6.07, 6.45) is -6.03. The number of fused-ring (bicyclic) bond motifs is 3. The van der Waals surface area contributed by atoms with Crippen LogP contribution in [0.1, 0.15) is 13.0 Å². The first-order chi connectivity index (χ1) is 17.9. The second-order valence-corrected chi connectivity index (χ2v) is 11.0. The molecular weight excluding hydrogens is 521 g/mol. The molecule has 1 fully saturated rings. The zero-order valence-electron chi connectivity index (χ0n) is 20.2. The summed E-state index contributed by atoms with van der Waals surface area (Å²) < 4.78 is 67.8. The first kappa shape index (κ1) is 26.0. The maximum atomic E-state index is 13.4. The fourth-order valence-electron chi connectivity index (χ4n) is 5.04. The van der Waals surface area contributed by atoms with Crippen LogP contribution < -0.4 is 9.46 Å². The van der Waals surface area contributed by atoms with Gasteiger partial charge in [0, 0.05) is 41.8 Å². The molecule has 1 aliphatic heterocycles. The molecule has 4 aromatic rings. The fraction of sp³-hybridized carbons (Fsp3) is 0.269. The number of rotatable bonds is 5. The highest BCUT2D eigenvalue weighted by Gasteiger charge is 2.40. The smallest absolute Gasteiger partial charge is 0.406 e. The van der Waals surface area contributed by atoms with Crippen LogP contribution in [0.3, 0.4) is 0 Å². The van der Waals surface area contributed by atoms with E-state index in [9.17, 15) is 27.3 Å². The summed E-state index contributed by atoms with van der Waals surface area (Å²) in [7, 11) is -3.77. The molecule has 0 bridgehead atoms. The number of nitrogens with zero attached hydrogens (tertiary/aromatic N) is 2. The lowest BCUT2D eigenvalue weighted by atomic mass is 9.97. The molecule has 1 aromatic heterocycles. The molecule has 1 aliphatic rings. The Hall–Kier alpha value is -3.61. The number of benzene rings is 3. The summed E-state index contributed by atoms with van der Waals surface area (Å²) in [5.74, 6) is -0.761. The lowest BCUT2D eigenvalue weighted by Crippen LogP contribution is -2.60. The number of halogens is 3. The quantitative estimate of drug-likeness (QED) is 0.344. The van der Waals surface area contributed by atoms with E-state index in [1.165, 1.54) is 11.8 Å². The van der Waals surface area contributed by atoms with Gasteiger partial charge in [0.15, 0.2) is 0 Å². The van der Waals surface area contributed by atoms with Gasteiger partial charge < -0.3 is 19.3 Å². The van der Waals surface area contributed by atoms with Gasteiger partial charge in [-0.05, 0) is 36.4 Å². The Balaban J connectivity index is 1.50. The molecule has 3 N–H and O–H groups in total. The van der Waals surface area contributed by atoms with E-state index < -0.39 is 40.2 Å². The molecule has 1 amide bonds. The van der Waals surface area contributed by atoms with Crippen molar-refractivity contribution in [2.24, 2.45) is 0 Å². The minimum atomic E-state index is -4.88. The van der Waals surface area contributed by atoms with Crippen LogP contribution >= 0.6 is 0 Å². The number of hydrogen-bond donors (Lipinski definition) is 3. The molecule has 12 heteroatoms. The first-order valence-electron chi connectivity index (χ1n) is 11.8. The number of hydrogen-bond acceptors (Lipinski definition) is 5. The average molecular weight is 547 g/mol. The van der Waals surface area contributed by atoms with E-state index in [1.54, 1.807) is 0 Å². The van der Waals surface area contributed by atoms with Gasteiger partial charge in [0.05, 0.1) is 23.1 Å². The second-order valence-electron chi connectivity index (χ2n) is 9.19. The zero-order chi connectivity index (χ0) is 27.2. The molecule has 1 saturated heterocycles. The van der Waals surface area contributed by atoms with Crippen LogP contribution in [-0.4, -0.2) is 56.3 Å². The monoisotopic (exact) mass is 546 g/mol. The molecule has 5 rings (SSSR count). The van der Waals surface area contributed by atoms with E-state index in [1.807, 2.05) is 53.1 Å². The van der Waals surface area contributed by atoms with Crippen LogP contribution in [0, 0.1) is 4.78 Å². The Bertz CT molecular complexity index is 1550. The Morgan fingerprint density at radius 3 is 2.08 bits per heavy atom. The minimum Gasteiger partial charge on any atom is -0.406 e. The number of piperidine rings is 1. The number of aliphatic hydroxyl groups is 1. The Morgan fingerprint density at radius 1 is 1.00 bits per heavy atom. The molecule has 38 heavy (non-hydrogen) atoms. The number of ether oxygens (including phenoxy) is 1. The molecule has 3 aromatic carbocycles. The standard InChI is InChI=1S/C26H25F3N4O4S/c1-16(34)32-14-21(31-38(30,36)18-12-10-17(11-13-18)37-26(27,28)29)25(35)24(15-32)33-22-8-4-2-6-19(22)20-7-3-5-9-23(20)33/h2-13,21,24-25,35H,14-15H2,1H3,(H2,30,31,36). The molecule has 4 atom stereocenters.